The lowest BCUT2D eigenvalue weighted by Gasteiger charge is -2.29. The Hall–Kier alpha value is -2.86. The largest absolute Gasteiger partial charge is 0.349 e. The number of amides is 1. The highest BCUT2D eigenvalue weighted by Crippen LogP contribution is 2.27. The lowest BCUT2D eigenvalue weighted by Crippen LogP contribution is -2.43. The Balaban J connectivity index is 1.17. The molecule has 1 saturated carbocycles. The molecule has 2 aliphatic rings. The summed E-state index contributed by atoms with van der Waals surface area (Å²) < 4.78 is 42.2. The van der Waals surface area contributed by atoms with Gasteiger partial charge in [-0.05, 0) is 68.5 Å². The van der Waals surface area contributed by atoms with Gasteiger partial charge in [-0.2, -0.15) is 0 Å². The normalized spacial score (nSPS) is 23.6. The summed E-state index contributed by atoms with van der Waals surface area (Å²) in [6.45, 7) is 4.39. The number of hydrogen-bond acceptors (Lipinski definition) is 6. The summed E-state index contributed by atoms with van der Waals surface area (Å²) in [5, 5.41) is 9.72. The topological polar surface area (TPSA) is 128 Å². The minimum absolute atomic E-state index is 0.0544. The number of halogens is 1. The van der Waals surface area contributed by atoms with E-state index in [0.717, 1.165) is 36.5 Å². The van der Waals surface area contributed by atoms with Gasteiger partial charge in [0.15, 0.2) is 0 Å². The number of rotatable bonds is 7. The molecule has 198 valence electrons. The molecule has 2 heterocycles. The lowest BCUT2D eigenvalue weighted by atomic mass is 9.85. The average molecular weight is 529 g/mol. The van der Waals surface area contributed by atoms with Crippen LogP contribution in [0.1, 0.15) is 56.1 Å². The van der Waals surface area contributed by atoms with Crippen LogP contribution in [0.2, 0.25) is 0 Å². The fourth-order valence-corrected chi connectivity index (χ4v) is 6.45. The summed E-state index contributed by atoms with van der Waals surface area (Å²) in [7, 11) is -3.72. The molecule has 0 spiro atoms. The van der Waals surface area contributed by atoms with Crippen LogP contribution in [-0.4, -0.2) is 50.0 Å². The van der Waals surface area contributed by atoms with Gasteiger partial charge in [-0.1, -0.05) is 12.1 Å². The van der Waals surface area contributed by atoms with Gasteiger partial charge in [-0.3, -0.25) is 4.79 Å². The van der Waals surface area contributed by atoms with Gasteiger partial charge < -0.3 is 20.9 Å². The van der Waals surface area contributed by atoms with Crippen molar-refractivity contribution in [3.8, 4) is 0 Å². The van der Waals surface area contributed by atoms with E-state index in [4.69, 9.17) is 0 Å². The zero-order valence-electron chi connectivity index (χ0n) is 20.8. The summed E-state index contributed by atoms with van der Waals surface area (Å²) >= 11 is 0. The third-order valence-corrected chi connectivity index (χ3v) is 8.82. The van der Waals surface area contributed by atoms with Gasteiger partial charge in [0.25, 0.3) is 0 Å². The van der Waals surface area contributed by atoms with Crippen molar-refractivity contribution in [3.63, 3.8) is 0 Å². The first kappa shape index (κ1) is 25.8. The molecule has 1 saturated heterocycles. The van der Waals surface area contributed by atoms with Crippen LogP contribution in [0.5, 0.6) is 0 Å². The highest BCUT2D eigenvalue weighted by Gasteiger charge is 2.30. The maximum atomic E-state index is 13.2. The van der Waals surface area contributed by atoms with Crippen molar-refractivity contribution in [2.24, 2.45) is 5.92 Å². The van der Waals surface area contributed by atoms with Crippen molar-refractivity contribution in [3.05, 3.63) is 59.7 Å². The molecule has 11 heteroatoms. The molecule has 5 N–H and O–H groups in total. The fraction of sp³-hybridized carbons (Fsp3) is 0.462. The molecule has 1 unspecified atom stereocenters. The minimum atomic E-state index is -3.72. The number of sulfonamides is 1. The van der Waals surface area contributed by atoms with Crippen molar-refractivity contribution in [1.82, 2.24) is 30.6 Å². The van der Waals surface area contributed by atoms with Crippen LogP contribution in [0, 0.1) is 11.7 Å². The van der Waals surface area contributed by atoms with Crippen LogP contribution in [-0.2, 0) is 14.8 Å². The van der Waals surface area contributed by atoms with Crippen molar-refractivity contribution in [2.75, 3.05) is 19.6 Å². The number of nitrogens with zero attached hydrogens (tertiary/aromatic N) is 1. The van der Waals surface area contributed by atoms with Gasteiger partial charge in [-0.15, -0.1) is 0 Å². The number of carbonyl (C=O) groups is 1. The molecular formula is C26H33FN6O3S. The van der Waals surface area contributed by atoms with E-state index in [-0.39, 0.29) is 40.7 Å². The summed E-state index contributed by atoms with van der Waals surface area (Å²) in [4.78, 5) is 20.8. The second kappa shape index (κ2) is 10.9. The van der Waals surface area contributed by atoms with Gasteiger partial charge in [0.05, 0.1) is 28.0 Å². The lowest BCUT2D eigenvalue weighted by molar-refractivity contribution is -0.126. The molecule has 37 heavy (non-hydrogen) atoms. The van der Waals surface area contributed by atoms with E-state index in [1.54, 1.807) is 30.3 Å². The first-order valence-corrected chi connectivity index (χ1v) is 14.3. The molecule has 0 radical (unpaired) electrons. The van der Waals surface area contributed by atoms with Gasteiger partial charge in [-0.25, -0.2) is 22.5 Å². The average Bonchev–Trinajstić information content (AvgIpc) is 3.33. The van der Waals surface area contributed by atoms with Gasteiger partial charge in [0.1, 0.15) is 11.6 Å². The molecule has 5 rings (SSSR count). The van der Waals surface area contributed by atoms with E-state index in [1.165, 1.54) is 12.1 Å². The van der Waals surface area contributed by atoms with Crippen LogP contribution < -0.4 is 20.7 Å². The maximum Gasteiger partial charge on any atom is 0.240 e. The summed E-state index contributed by atoms with van der Waals surface area (Å²) in [5.41, 5.74) is 2.24. The molecule has 2 aromatic carbocycles. The Morgan fingerprint density at radius 2 is 1.84 bits per heavy atom. The number of H-pyrrole nitrogens is 1. The second-order valence-corrected chi connectivity index (χ2v) is 11.7. The van der Waals surface area contributed by atoms with Gasteiger partial charge in [0.2, 0.25) is 15.9 Å². The Morgan fingerprint density at radius 3 is 2.54 bits per heavy atom. The van der Waals surface area contributed by atoms with Gasteiger partial charge in [0, 0.05) is 31.6 Å². The number of hydrogen-bond donors (Lipinski definition) is 5. The Bertz CT molecular complexity index is 1350. The van der Waals surface area contributed by atoms with Crippen LogP contribution in [0.25, 0.3) is 11.0 Å². The Morgan fingerprint density at radius 1 is 1.08 bits per heavy atom. The van der Waals surface area contributed by atoms with Gasteiger partial charge >= 0.3 is 0 Å². The third kappa shape index (κ3) is 6.01. The van der Waals surface area contributed by atoms with E-state index >= 15 is 0 Å². The predicted molar refractivity (Wildman–Crippen MR) is 139 cm³/mol. The molecule has 1 amide bonds. The van der Waals surface area contributed by atoms with E-state index in [1.807, 2.05) is 6.92 Å². The summed E-state index contributed by atoms with van der Waals surface area (Å²) in [6.07, 6.45) is 2.36. The molecular weight excluding hydrogens is 495 g/mol. The van der Waals surface area contributed by atoms with Crippen LogP contribution in [0.15, 0.2) is 47.4 Å². The number of aromatic nitrogens is 2. The highest BCUT2D eigenvalue weighted by atomic mass is 32.2. The molecule has 3 aromatic rings. The number of imidazole rings is 1. The fourth-order valence-electron chi connectivity index (χ4n) is 5.11. The second-order valence-electron chi connectivity index (χ2n) is 9.96. The monoisotopic (exact) mass is 528 g/mol. The third-order valence-electron chi connectivity index (χ3n) is 7.30. The standard InChI is InChI=1S/C26H33FN6O3S/c1-16(17-2-6-19(27)7-3-17)30-26(34)18-4-8-20(9-5-18)33-37(35,36)21-10-11-22-23(14-21)32-25(31-22)24-15-28-12-13-29-24/h2-3,6-7,10-11,14,16,18,20,24,28-29,33H,4-5,8-9,12-13,15H2,1H3,(H,30,34)(H,31,32)/t16-,18?,20?,24?/m1/s1. The number of aromatic amines is 1. The molecule has 9 nitrogen and oxygen atoms in total. The molecule has 2 atom stereocenters. The smallest absolute Gasteiger partial charge is 0.240 e. The van der Waals surface area contributed by atoms with Crippen molar-refractivity contribution >= 4 is 27.0 Å². The van der Waals surface area contributed by atoms with Crippen LogP contribution >= 0.6 is 0 Å². The molecule has 1 aliphatic carbocycles. The molecule has 1 aromatic heterocycles. The molecule has 0 bridgehead atoms. The number of fused-ring (bicyclic) bond motifs is 1. The van der Waals surface area contributed by atoms with Crippen LogP contribution in [0.4, 0.5) is 4.39 Å². The first-order chi connectivity index (χ1) is 17.8. The molecule has 1 aliphatic heterocycles. The minimum Gasteiger partial charge on any atom is -0.349 e. The van der Waals surface area contributed by atoms with E-state index in [0.29, 0.717) is 31.2 Å². The Kier molecular flexibility index (Phi) is 7.57. The van der Waals surface area contributed by atoms with E-state index in [2.05, 4.69) is 30.6 Å². The predicted octanol–water partition coefficient (Wildman–Crippen LogP) is 2.65. The number of piperazine rings is 1. The molecule has 2 fully saturated rings. The zero-order valence-corrected chi connectivity index (χ0v) is 21.6. The summed E-state index contributed by atoms with van der Waals surface area (Å²) in [5.74, 6) is 0.245. The number of carbonyl (C=O) groups excluding carboxylic acids is 1. The first-order valence-electron chi connectivity index (χ1n) is 12.8. The van der Waals surface area contributed by atoms with Crippen molar-refractivity contribution in [1.29, 1.82) is 0 Å². The summed E-state index contributed by atoms with van der Waals surface area (Å²) in [6, 6.07) is 10.6. The zero-order chi connectivity index (χ0) is 26.0. The van der Waals surface area contributed by atoms with Crippen molar-refractivity contribution < 1.29 is 17.6 Å². The quantitative estimate of drug-likeness (QED) is 0.321. The number of nitrogens with one attached hydrogen (secondary N) is 5. The maximum absolute atomic E-state index is 13.2. The van der Waals surface area contributed by atoms with E-state index in [9.17, 15) is 17.6 Å². The number of benzene rings is 2. The van der Waals surface area contributed by atoms with Crippen LogP contribution in [0.3, 0.4) is 0 Å². The SMILES string of the molecule is C[C@@H](NC(=O)C1CCC(NS(=O)(=O)c2ccc3nc(C4CNCCN4)[nH]c3c2)CC1)c1ccc(F)cc1. The van der Waals surface area contributed by atoms with E-state index < -0.39 is 10.0 Å². The van der Waals surface area contributed by atoms with Crippen molar-refractivity contribution in [2.45, 2.75) is 55.6 Å². The highest BCUT2D eigenvalue weighted by molar-refractivity contribution is 7.89. The Labute approximate surface area is 216 Å².